The van der Waals surface area contributed by atoms with Gasteiger partial charge in [-0.2, -0.15) is 23.3 Å². The molecule has 1 unspecified atom stereocenters. The monoisotopic (exact) mass is 303 g/mol. The number of hydrogen-bond donors (Lipinski definition) is 2. The van der Waals surface area contributed by atoms with Crippen LogP contribution in [0.4, 0.5) is 9.59 Å². The number of nitrogens with zero attached hydrogens (tertiary/aromatic N) is 4. The molecule has 1 aromatic heterocycles. The fourth-order valence-corrected chi connectivity index (χ4v) is 2.74. The minimum atomic E-state index is -4.83. The average Bonchev–Trinajstić information content (AvgIpc) is 2.84. The summed E-state index contributed by atoms with van der Waals surface area (Å²) in [6.07, 6.45) is 1.31. The van der Waals surface area contributed by atoms with Crippen molar-refractivity contribution in [3.63, 3.8) is 0 Å². The Hall–Kier alpha value is -2.18. The van der Waals surface area contributed by atoms with Crippen molar-refractivity contribution >= 4 is 22.5 Å². The third kappa shape index (κ3) is 1.81. The van der Waals surface area contributed by atoms with Crippen molar-refractivity contribution < 1.29 is 26.8 Å². The molecule has 3 N–H and O–H groups in total. The van der Waals surface area contributed by atoms with Gasteiger partial charge in [-0.25, -0.2) is 9.59 Å². The summed E-state index contributed by atoms with van der Waals surface area (Å²) in [5.41, 5.74) is 5.96. The Morgan fingerprint density at radius 3 is 2.85 bits per heavy atom. The van der Waals surface area contributed by atoms with E-state index in [0.717, 1.165) is 4.68 Å². The minimum absolute atomic E-state index is 0.0406. The number of fused-ring (bicyclic) bond motifs is 4. The quantitative estimate of drug-likeness (QED) is 0.654. The van der Waals surface area contributed by atoms with Gasteiger partial charge in [0.05, 0.1) is 25.0 Å². The van der Waals surface area contributed by atoms with Crippen LogP contribution in [0.3, 0.4) is 0 Å². The summed E-state index contributed by atoms with van der Waals surface area (Å²) in [5.74, 6) is 0. The molecule has 1 fully saturated rings. The molecule has 0 radical (unpaired) electrons. The molecule has 3 heterocycles. The summed E-state index contributed by atoms with van der Waals surface area (Å²) in [7, 11) is -4.83. The number of rotatable bonds is 2. The second-order valence-corrected chi connectivity index (χ2v) is 5.31. The maximum Gasteiger partial charge on any atom is 0.418 e. The third-order valence-electron chi connectivity index (χ3n) is 3.12. The maximum atomic E-state index is 11.9. The normalized spacial score (nSPS) is 21.2. The number of nitrogens with two attached hydrogens (primary N) is 1. The molecule has 1 atom stereocenters. The Balaban J connectivity index is 2.03. The summed E-state index contributed by atoms with van der Waals surface area (Å²) in [6, 6.07) is -2.34. The van der Waals surface area contributed by atoms with Crippen molar-refractivity contribution in [1.29, 1.82) is 0 Å². The van der Waals surface area contributed by atoms with Gasteiger partial charge < -0.3 is 10.6 Å². The predicted molar refractivity (Wildman–Crippen MR) is 60.2 cm³/mol. The lowest BCUT2D eigenvalue weighted by molar-refractivity contribution is -0.0316. The number of amides is 3. The van der Waals surface area contributed by atoms with Gasteiger partial charge in [0.15, 0.2) is 0 Å². The van der Waals surface area contributed by atoms with Crippen molar-refractivity contribution in [1.82, 2.24) is 19.7 Å². The van der Waals surface area contributed by atoms with E-state index in [4.69, 9.17) is 10.3 Å². The van der Waals surface area contributed by atoms with Crippen LogP contribution in [0, 0.1) is 0 Å². The second-order valence-electron chi connectivity index (χ2n) is 4.30. The van der Waals surface area contributed by atoms with Crippen LogP contribution < -0.4 is 5.73 Å². The average molecular weight is 303 g/mol. The lowest BCUT2D eigenvalue weighted by atomic mass is 10.1. The predicted octanol–water partition coefficient (Wildman–Crippen LogP) is -1.16. The van der Waals surface area contributed by atoms with Crippen LogP contribution in [0.25, 0.3) is 0 Å². The van der Waals surface area contributed by atoms with E-state index >= 15 is 0 Å². The van der Waals surface area contributed by atoms with Gasteiger partial charge in [-0.3, -0.25) is 4.55 Å². The lowest BCUT2D eigenvalue weighted by Crippen LogP contribution is -2.33. The molecule has 2 aliphatic heterocycles. The van der Waals surface area contributed by atoms with Crippen molar-refractivity contribution in [3.8, 4) is 0 Å². The Bertz CT molecular complexity index is 711. The van der Waals surface area contributed by atoms with E-state index in [9.17, 15) is 18.0 Å². The Labute approximate surface area is 112 Å². The minimum Gasteiger partial charge on any atom is -0.350 e. The first-order valence-corrected chi connectivity index (χ1v) is 6.76. The molecule has 20 heavy (non-hydrogen) atoms. The molecule has 0 aliphatic carbocycles. The van der Waals surface area contributed by atoms with E-state index in [2.05, 4.69) is 9.38 Å². The van der Waals surface area contributed by atoms with Crippen LogP contribution in [-0.4, -0.2) is 51.3 Å². The number of hydroxylamine groups is 2. The first kappa shape index (κ1) is 12.8. The molecule has 0 saturated carbocycles. The Morgan fingerprint density at radius 1 is 1.55 bits per heavy atom. The number of carbonyl (C=O) groups is 2. The molecular weight excluding hydrogens is 294 g/mol. The Morgan fingerprint density at radius 2 is 2.25 bits per heavy atom. The number of hydrogen-bond acceptors (Lipinski definition) is 6. The molecule has 2 bridgehead atoms. The molecule has 1 aromatic rings. The zero-order valence-electron chi connectivity index (χ0n) is 9.83. The molecule has 108 valence electrons. The lowest BCUT2D eigenvalue weighted by Gasteiger charge is -2.21. The van der Waals surface area contributed by atoms with E-state index < -0.39 is 28.5 Å². The maximum absolute atomic E-state index is 11.9. The number of carbonyl (C=O) groups excluding carboxylic acids is 2. The third-order valence-corrected chi connectivity index (χ3v) is 3.47. The highest BCUT2D eigenvalue weighted by Crippen LogP contribution is 2.38. The molecule has 0 aromatic carbocycles. The molecule has 12 heteroatoms. The number of urea groups is 1. The van der Waals surface area contributed by atoms with E-state index in [1.54, 1.807) is 0 Å². The van der Waals surface area contributed by atoms with E-state index in [-0.39, 0.29) is 13.1 Å². The fourth-order valence-electron chi connectivity index (χ4n) is 2.37. The first-order chi connectivity index (χ1) is 9.28. The topological polar surface area (TPSA) is 148 Å². The van der Waals surface area contributed by atoms with Gasteiger partial charge in [-0.05, 0) is 0 Å². The van der Waals surface area contributed by atoms with E-state index in [1.807, 2.05) is 0 Å². The molecular formula is C8H9N5O6S. The van der Waals surface area contributed by atoms with Gasteiger partial charge in [0, 0.05) is 5.56 Å². The van der Waals surface area contributed by atoms with Crippen LogP contribution in [0.15, 0.2) is 6.20 Å². The van der Waals surface area contributed by atoms with Crippen LogP contribution in [0.1, 0.15) is 17.3 Å². The number of primary amides is 1. The highest BCUT2D eigenvalue weighted by Gasteiger charge is 2.47. The van der Waals surface area contributed by atoms with Crippen molar-refractivity contribution in [2.75, 3.05) is 6.54 Å². The van der Waals surface area contributed by atoms with E-state index in [0.29, 0.717) is 16.3 Å². The first-order valence-electron chi connectivity index (χ1n) is 5.39. The van der Waals surface area contributed by atoms with Gasteiger partial charge in [0.25, 0.3) is 0 Å². The molecule has 3 amide bonds. The van der Waals surface area contributed by atoms with Crippen molar-refractivity contribution in [2.24, 2.45) is 5.73 Å². The summed E-state index contributed by atoms with van der Waals surface area (Å²) in [5, 5.41) is 4.32. The summed E-state index contributed by atoms with van der Waals surface area (Å²) >= 11 is 0. The smallest absolute Gasteiger partial charge is 0.350 e. The molecule has 11 nitrogen and oxygen atoms in total. The molecule has 0 spiro atoms. The standard InChI is InChI=1S/C8H9N5O6S/c9-7(14)12-5-2-11-3-6(4(5)1-10-12)13(8(11)15)19-20(16,17)18/h1,6H,2-3H2,(H2,9,14)(H,16,17,18). The largest absolute Gasteiger partial charge is 0.418 e. The zero-order valence-corrected chi connectivity index (χ0v) is 10.6. The second kappa shape index (κ2) is 3.91. The van der Waals surface area contributed by atoms with Crippen molar-refractivity contribution in [2.45, 2.75) is 12.6 Å². The van der Waals surface area contributed by atoms with Crippen LogP contribution in [0.2, 0.25) is 0 Å². The van der Waals surface area contributed by atoms with Crippen molar-refractivity contribution in [3.05, 3.63) is 17.5 Å². The number of aromatic nitrogens is 2. The highest BCUT2D eigenvalue weighted by molar-refractivity contribution is 7.80. The summed E-state index contributed by atoms with van der Waals surface area (Å²) in [4.78, 5) is 24.4. The van der Waals surface area contributed by atoms with Gasteiger partial charge in [0.1, 0.15) is 6.04 Å². The van der Waals surface area contributed by atoms with E-state index in [1.165, 1.54) is 11.1 Å². The zero-order chi connectivity index (χ0) is 14.7. The van der Waals surface area contributed by atoms with Gasteiger partial charge in [-0.1, -0.05) is 0 Å². The molecule has 1 saturated heterocycles. The van der Waals surface area contributed by atoms with Crippen LogP contribution >= 0.6 is 0 Å². The van der Waals surface area contributed by atoms with Gasteiger partial charge in [0.2, 0.25) is 0 Å². The summed E-state index contributed by atoms with van der Waals surface area (Å²) < 4.78 is 35.4. The Kier molecular flexibility index (Phi) is 2.51. The molecule has 2 aliphatic rings. The van der Waals surface area contributed by atoms with Gasteiger partial charge in [-0.15, -0.1) is 4.28 Å². The SMILES string of the molecule is NC(=O)n1ncc2c1CN1CC2N(OS(=O)(=O)O)C1=O. The van der Waals surface area contributed by atoms with Gasteiger partial charge >= 0.3 is 22.5 Å². The van der Waals surface area contributed by atoms with Crippen LogP contribution in [0.5, 0.6) is 0 Å². The highest BCUT2D eigenvalue weighted by atomic mass is 32.3. The fraction of sp³-hybridized carbons (Fsp3) is 0.375. The summed E-state index contributed by atoms with van der Waals surface area (Å²) in [6.45, 7) is 0.199. The molecule has 3 rings (SSSR count). The van der Waals surface area contributed by atoms with Crippen LogP contribution in [-0.2, 0) is 21.2 Å².